The molecule has 0 unspecified atom stereocenters. The van der Waals surface area contributed by atoms with E-state index < -0.39 is 0 Å². The molecule has 0 aliphatic carbocycles. The second-order valence-electron chi connectivity index (χ2n) is 6.83. The summed E-state index contributed by atoms with van der Waals surface area (Å²) in [5, 5.41) is 14.3. The van der Waals surface area contributed by atoms with Gasteiger partial charge in [0.05, 0.1) is 16.6 Å². The fourth-order valence-electron chi connectivity index (χ4n) is 3.15. The van der Waals surface area contributed by atoms with E-state index in [1.807, 2.05) is 6.07 Å². The minimum absolute atomic E-state index is 0.0233. The SMILES string of the molecule is CN1CCCCNc2ncnc3[nH]c(O)c(c23)C=Nc2cccc(c2)OCC1=O. The number of carbonyl (C=O) groups excluding carboxylic acids is 1. The number of aliphatic imine (C=N–C) groups is 1. The van der Waals surface area contributed by atoms with Crippen molar-refractivity contribution in [2.24, 2.45) is 4.99 Å². The molecular formula is C20H22N6O3. The fraction of sp³-hybridized carbons (Fsp3) is 0.300. The topological polar surface area (TPSA) is 116 Å². The van der Waals surface area contributed by atoms with Crippen LogP contribution in [0.2, 0.25) is 0 Å². The van der Waals surface area contributed by atoms with E-state index in [1.165, 1.54) is 6.33 Å². The average molecular weight is 394 g/mol. The summed E-state index contributed by atoms with van der Waals surface area (Å²) >= 11 is 0. The Morgan fingerprint density at radius 2 is 2.14 bits per heavy atom. The van der Waals surface area contributed by atoms with Crippen molar-refractivity contribution in [3.63, 3.8) is 0 Å². The largest absolute Gasteiger partial charge is 0.494 e. The van der Waals surface area contributed by atoms with E-state index in [-0.39, 0.29) is 18.4 Å². The number of carbonyl (C=O) groups is 1. The van der Waals surface area contributed by atoms with Gasteiger partial charge in [-0.25, -0.2) is 9.97 Å². The van der Waals surface area contributed by atoms with Gasteiger partial charge < -0.3 is 25.0 Å². The van der Waals surface area contributed by atoms with E-state index in [9.17, 15) is 9.90 Å². The fourth-order valence-corrected chi connectivity index (χ4v) is 3.15. The maximum Gasteiger partial charge on any atom is 0.260 e. The monoisotopic (exact) mass is 394 g/mol. The third-order valence-corrected chi connectivity index (χ3v) is 4.77. The molecule has 2 aromatic heterocycles. The Balaban J connectivity index is 1.72. The highest BCUT2D eigenvalue weighted by Crippen LogP contribution is 2.30. The molecule has 1 aromatic carbocycles. The van der Waals surface area contributed by atoms with Crippen LogP contribution in [-0.4, -0.2) is 63.8 Å². The molecule has 4 rings (SSSR count). The molecule has 3 aromatic rings. The molecule has 0 radical (unpaired) electrons. The van der Waals surface area contributed by atoms with E-state index in [2.05, 4.69) is 25.3 Å². The van der Waals surface area contributed by atoms with Gasteiger partial charge in [0.25, 0.3) is 5.91 Å². The van der Waals surface area contributed by atoms with Crippen molar-refractivity contribution in [3.05, 3.63) is 36.2 Å². The van der Waals surface area contributed by atoms with Crippen LogP contribution in [0.25, 0.3) is 11.0 Å². The first kappa shape index (κ1) is 18.7. The minimum Gasteiger partial charge on any atom is -0.494 e. The number of aromatic nitrogens is 3. The van der Waals surface area contributed by atoms with Gasteiger partial charge >= 0.3 is 0 Å². The lowest BCUT2D eigenvalue weighted by molar-refractivity contribution is -0.132. The first-order chi connectivity index (χ1) is 14.1. The Labute approximate surface area is 167 Å². The van der Waals surface area contributed by atoms with E-state index >= 15 is 0 Å². The third kappa shape index (κ3) is 4.13. The summed E-state index contributed by atoms with van der Waals surface area (Å²) in [4.78, 5) is 29.7. The minimum atomic E-state index is -0.0745. The number of hydrogen-bond donors (Lipinski definition) is 3. The molecule has 150 valence electrons. The van der Waals surface area contributed by atoms with Gasteiger partial charge in [0.1, 0.15) is 23.5 Å². The Hall–Kier alpha value is -3.62. The number of nitrogens with zero attached hydrogens (tertiary/aromatic N) is 4. The molecule has 9 nitrogen and oxygen atoms in total. The van der Waals surface area contributed by atoms with Gasteiger partial charge in [-0.1, -0.05) is 6.07 Å². The number of H-pyrrole nitrogens is 1. The summed E-state index contributed by atoms with van der Waals surface area (Å²) in [5.74, 6) is 1.08. The lowest BCUT2D eigenvalue weighted by atomic mass is 10.2. The molecule has 0 fully saturated rings. The number of fused-ring (bicyclic) bond motifs is 2. The van der Waals surface area contributed by atoms with Gasteiger partial charge in [-0.3, -0.25) is 9.79 Å². The quantitative estimate of drug-likeness (QED) is 0.539. The predicted molar refractivity (Wildman–Crippen MR) is 110 cm³/mol. The molecule has 29 heavy (non-hydrogen) atoms. The highest BCUT2D eigenvalue weighted by Gasteiger charge is 2.15. The molecule has 1 aliphatic heterocycles. The van der Waals surface area contributed by atoms with Crippen LogP contribution in [0, 0.1) is 0 Å². The van der Waals surface area contributed by atoms with E-state index in [4.69, 9.17) is 4.74 Å². The summed E-state index contributed by atoms with van der Waals surface area (Å²) in [6.45, 7) is 1.29. The number of anilines is 1. The van der Waals surface area contributed by atoms with Gasteiger partial charge in [0, 0.05) is 32.4 Å². The molecule has 1 aliphatic rings. The van der Waals surface area contributed by atoms with Crippen LogP contribution in [0.15, 0.2) is 35.6 Å². The van der Waals surface area contributed by atoms with Gasteiger partial charge in [-0.05, 0) is 25.0 Å². The van der Waals surface area contributed by atoms with Gasteiger partial charge in [-0.2, -0.15) is 0 Å². The molecule has 0 saturated heterocycles. The number of hydrogen-bond acceptors (Lipinski definition) is 7. The van der Waals surface area contributed by atoms with E-state index in [1.54, 1.807) is 36.4 Å². The Morgan fingerprint density at radius 1 is 1.24 bits per heavy atom. The Kier molecular flexibility index (Phi) is 5.28. The molecule has 0 saturated carbocycles. The van der Waals surface area contributed by atoms with Crippen LogP contribution in [0.5, 0.6) is 11.6 Å². The van der Waals surface area contributed by atoms with Crippen LogP contribution < -0.4 is 10.1 Å². The van der Waals surface area contributed by atoms with Crippen molar-refractivity contribution in [1.29, 1.82) is 0 Å². The van der Waals surface area contributed by atoms with Crippen molar-refractivity contribution in [2.45, 2.75) is 12.8 Å². The first-order valence-corrected chi connectivity index (χ1v) is 9.42. The second kappa shape index (κ2) is 8.17. The van der Waals surface area contributed by atoms with Gasteiger partial charge in [0.15, 0.2) is 12.5 Å². The van der Waals surface area contributed by atoms with Crippen molar-refractivity contribution in [2.75, 3.05) is 32.1 Å². The zero-order chi connectivity index (χ0) is 20.2. The first-order valence-electron chi connectivity index (χ1n) is 9.42. The summed E-state index contributed by atoms with van der Waals surface area (Å²) in [5.41, 5.74) is 1.67. The molecule has 9 heteroatoms. The Morgan fingerprint density at radius 3 is 3.03 bits per heavy atom. The van der Waals surface area contributed by atoms with Crippen LogP contribution >= 0.6 is 0 Å². The van der Waals surface area contributed by atoms with E-state index in [0.717, 1.165) is 12.8 Å². The molecule has 3 N–H and O–H groups in total. The molecule has 0 atom stereocenters. The summed E-state index contributed by atoms with van der Waals surface area (Å²) in [7, 11) is 1.77. The lowest BCUT2D eigenvalue weighted by Crippen LogP contribution is -2.32. The van der Waals surface area contributed by atoms with Crippen molar-refractivity contribution >= 4 is 34.7 Å². The van der Waals surface area contributed by atoms with Crippen LogP contribution in [-0.2, 0) is 4.79 Å². The van der Waals surface area contributed by atoms with Crippen molar-refractivity contribution in [3.8, 4) is 11.6 Å². The summed E-state index contributed by atoms with van der Waals surface area (Å²) in [6, 6.07) is 7.13. The summed E-state index contributed by atoms with van der Waals surface area (Å²) in [6.07, 6.45) is 4.70. The maximum absolute atomic E-state index is 12.2. The summed E-state index contributed by atoms with van der Waals surface area (Å²) < 4.78 is 5.62. The zero-order valence-electron chi connectivity index (χ0n) is 16.1. The third-order valence-electron chi connectivity index (χ3n) is 4.77. The molecular weight excluding hydrogens is 372 g/mol. The van der Waals surface area contributed by atoms with Gasteiger partial charge in [0.2, 0.25) is 0 Å². The van der Waals surface area contributed by atoms with E-state index in [0.29, 0.717) is 46.9 Å². The van der Waals surface area contributed by atoms with Crippen LogP contribution in [0.1, 0.15) is 18.4 Å². The maximum atomic E-state index is 12.2. The number of ether oxygens (including phenoxy) is 1. The number of nitrogens with one attached hydrogen (secondary N) is 2. The molecule has 1 amide bonds. The lowest BCUT2D eigenvalue weighted by Gasteiger charge is -2.17. The Bertz CT molecular complexity index is 1060. The molecule has 3 heterocycles. The smallest absolute Gasteiger partial charge is 0.260 e. The average Bonchev–Trinajstić information content (AvgIpc) is 3.05. The number of likely N-dealkylation sites (N-methyl/N-ethyl adjacent to an activating group) is 1. The standard InChI is InChI=1S/C20H22N6O3/c1-26-8-3-2-7-21-18-17-15(20(28)25-19(17)24-12-23-18)10-22-13-5-4-6-14(9-13)29-11-16(26)27/h4-6,9-10,12,28H,2-3,7-8,11H2,1H3,(H2,21,23,24,25). The predicted octanol–water partition coefficient (Wildman–Crippen LogP) is 2.46. The van der Waals surface area contributed by atoms with Crippen LogP contribution in [0.3, 0.4) is 0 Å². The number of amides is 1. The van der Waals surface area contributed by atoms with Crippen LogP contribution in [0.4, 0.5) is 11.5 Å². The normalized spacial score (nSPS) is 15.6. The van der Waals surface area contributed by atoms with Crippen molar-refractivity contribution in [1.82, 2.24) is 19.9 Å². The molecule has 0 spiro atoms. The molecule has 2 bridgehead atoms. The number of aromatic amines is 1. The zero-order valence-corrected chi connectivity index (χ0v) is 16.1. The second-order valence-corrected chi connectivity index (χ2v) is 6.83. The number of benzene rings is 1. The highest BCUT2D eigenvalue weighted by molar-refractivity contribution is 6.06. The highest BCUT2D eigenvalue weighted by atomic mass is 16.5. The number of aromatic hydroxyl groups is 1. The number of rotatable bonds is 0. The van der Waals surface area contributed by atoms with Gasteiger partial charge in [-0.15, -0.1) is 0 Å². The van der Waals surface area contributed by atoms with Crippen molar-refractivity contribution < 1.29 is 14.6 Å².